The van der Waals surface area contributed by atoms with Crippen molar-refractivity contribution in [2.24, 2.45) is 5.92 Å². The van der Waals surface area contributed by atoms with Gasteiger partial charge in [0, 0.05) is 17.4 Å². The third-order valence-corrected chi connectivity index (χ3v) is 4.95. The number of rotatable bonds is 4. The molecule has 1 aromatic heterocycles. The van der Waals surface area contributed by atoms with Crippen molar-refractivity contribution in [3.8, 4) is 0 Å². The highest BCUT2D eigenvalue weighted by Gasteiger charge is 2.47. The molecule has 2 heterocycles. The first-order valence-electron chi connectivity index (χ1n) is 8.61. The Kier molecular flexibility index (Phi) is 5.50. The van der Waals surface area contributed by atoms with Crippen LogP contribution in [0.1, 0.15) is 48.3 Å². The van der Waals surface area contributed by atoms with E-state index in [1.165, 1.54) is 6.20 Å². The molecule has 5 nitrogen and oxygen atoms in total. The Hall–Kier alpha value is -2.03. The van der Waals surface area contributed by atoms with Crippen LogP contribution in [0.15, 0.2) is 34.9 Å². The quantitative estimate of drug-likeness (QED) is 0.718. The molecule has 27 heavy (non-hydrogen) atoms. The molecule has 146 valence electrons. The lowest BCUT2D eigenvalue weighted by Crippen LogP contribution is -2.36. The van der Waals surface area contributed by atoms with E-state index >= 15 is 0 Å². The molecule has 0 saturated heterocycles. The van der Waals surface area contributed by atoms with Crippen LogP contribution in [0.3, 0.4) is 0 Å². The Morgan fingerprint density at radius 1 is 1.37 bits per heavy atom. The molecule has 1 aromatic carbocycles. The molecule has 0 radical (unpaired) electrons. The van der Waals surface area contributed by atoms with Crippen LogP contribution in [-0.2, 0) is 0 Å². The Morgan fingerprint density at radius 2 is 2.04 bits per heavy atom. The molecule has 1 aliphatic rings. The number of carbonyl (C=O) groups is 1. The molecule has 0 saturated carbocycles. The lowest BCUT2D eigenvalue weighted by atomic mass is 9.96. The van der Waals surface area contributed by atoms with Gasteiger partial charge in [0.1, 0.15) is 11.4 Å². The maximum Gasteiger partial charge on any atom is 0.410 e. The second-order valence-corrected chi connectivity index (χ2v) is 7.91. The van der Waals surface area contributed by atoms with Gasteiger partial charge in [0.2, 0.25) is 0 Å². The number of amides is 1. The number of nitrogens with zero attached hydrogens (tertiary/aromatic N) is 2. The molecule has 2 N–H and O–H groups in total. The average molecular weight is 445 g/mol. The Morgan fingerprint density at radius 3 is 2.63 bits per heavy atom. The highest BCUT2D eigenvalue weighted by molar-refractivity contribution is 9.10. The van der Waals surface area contributed by atoms with Crippen LogP contribution in [-0.4, -0.2) is 28.4 Å². The number of alkyl halides is 3. The summed E-state index contributed by atoms with van der Waals surface area (Å²) < 4.78 is 42.6. The molecule has 1 amide bonds. The number of halogens is 4. The van der Waals surface area contributed by atoms with E-state index in [-0.39, 0.29) is 23.7 Å². The second kappa shape index (κ2) is 7.53. The Balaban J connectivity index is 1.96. The number of fused-ring (bicyclic) bond motifs is 1. The second-order valence-electron chi connectivity index (χ2n) is 7.00. The average Bonchev–Trinajstić information content (AvgIpc) is 3.02. The molecule has 2 aromatic rings. The molecule has 9 heteroatoms. The van der Waals surface area contributed by atoms with E-state index < -0.39 is 24.2 Å². The van der Waals surface area contributed by atoms with Gasteiger partial charge in [0.05, 0.1) is 12.2 Å². The maximum atomic E-state index is 13.6. The van der Waals surface area contributed by atoms with Crippen molar-refractivity contribution in [2.45, 2.75) is 38.5 Å². The van der Waals surface area contributed by atoms with Crippen LogP contribution in [0.5, 0.6) is 0 Å². The van der Waals surface area contributed by atoms with Crippen molar-refractivity contribution in [2.75, 3.05) is 11.9 Å². The van der Waals surface area contributed by atoms with Gasteiger partial charge in [-0.3, -0.25) is 4.79 Å². The van der Waals surface area contributed by atoms with Crippen LogP contribution in [0.2, 0.25) is 0 Å². The molecule has 0 spiro atoms. The fourth-order valence-corrected chi connectivity index (χ4v) is 3.30. The first-order chi connectivity index (χ1) is 12.7. The van der Waals surface area contributed by atoms with Crippen LogP contribution in [0.4, 0.5) is 19.0 Å². The molecule has 0 aliphatic carbocycles. The molecule has 2 atom stereocenters. The van der Waals surface area contributed by atoms with Gasteiger partial charge in [-0.1, -0.05) is 41.9 Å². The number of hydrogen-bond donors (Lipinski definition) is 2. The molecular formula is C18H20BrF3N4O. The van der Waals surface area contributed by atoms with E-state index in [4.69, 9.17) is 0 Å². The van der Waals surface area contributed by atoms with Crippen molar-refractivity contribution >= 4 is 27.7 Å². The number of aromatic nitrogens is 2. The molecular weight excluding hydrogens is 425 g/mol. The number of benzene rings is 1. The van der Waals surface area contributed by atoms with Crippen LogP contribution < -0.4 is 10.6 Å². The Labute approximate surface area is 163 Å². The normalized spacial score (nSPS) is 19.5. The van der Waals surface area contributed by atoms with E-state index in [1.807, 2.05) is 13.8 Å². The Bertz CT molecular complexity index is 817. The first kappa shape index (κ1) is 19.7. The molecule has 0 bridgehead atoms. The van der Waals surface area contributed by atoms with Gasteiger partial charge in [0.15, 0.2) is 6.04 Å². The summed E-state index contributed by atoms with van der Waals surface area (Å²) >= 11 is 3.32. The van der Waals surface area contributed by atoms with Crippen molar-refractivity contribution < 1.29 is 18.0 Å². The van der Waals surface area contributed by atoms with Gasteiger partial charge < -0.3 is 10.6 Å². The van der Waals surface area contributed by atoms with Gasteiger partial charge in [-0.15, -0.1) is 0 Å². The van der Waals surface area contributed by atoms with Crippen LogP contribution in [0, 0.1) is 5.92 Å². The lowest BCUT2D eigenvalue weighted by molar-refractivity contribution is -0.173. The van der Waals surface area contributed by atoms with Gasteiger partial charge in [-0.25, -0.2) is 4.68 Å². The maximum absolute atomic E-state index is 13.6. The van der Waals surface area contributed by atoms with E-state index in [1.54, 1.807) is 24.3 Å². The third kappa shape index (κ3) is 4.28. The number of hydrogen-bond acceptors (Lipinski definition) is 3. The van der Waals surface area contributed by atoms with E-state index in [0.717, 1.165) is 9.15 Å². The van der Waals surface area contributed by atoms with Gasteiger partial charge in [0.25, 0.3) is 5.91 Å². The lowest BCUT2D eigenvalue weighted by Gasteiger charge is -2.34. The zero-order valence-corrected chi connectivity index (χ0v) is 16.4. The summed E-state index contributed by atoms with van der Waals surface area (Å²) in [5.41, 5.74) is 0.833. The topological polar surface area (TPSA) is 59.0 Å². The molecule has 2 unspecified atom stereocenters. The highest BCUT2D eigenvalue weighted by Crippen LogP contribution is 2.44. The van der Waals surface area contributed by atoms with Crippen molar-refractivity contribution in [1.29, 1.82) is 0 Å². The fraction of sp³-hybridized carbons (Fsp3) is 0.444. The summed E-state index contributed by atoms with van der Waals surface area (Å²) in [5, 5.41) is 9.67. The van der Waals surface area contributed by atoms with Crippen molar-refractivity contribution in [3.05, 3.63) is 46.1 Å². The molecule has 0 fully saturated rings. The van der Waals surface area contributed by atoms with Gasteiger partial charge in [-0.05, 0) is 23.6 Å². The predicted molar refractivity (Wildman–Crippen MR) is 99.6 cm³/mol. The van der Waals surface area contributed by atoms with Crippen LogP contribution >= 0.6 is 15.9 Å². The summed E-state index contributed by atoms with van der Waals surface area (Å²) in [6.45, 7) is 4.31. The summed E-state index contributed by atoms with van der Waals surface area (Å²) in [7, 11) is 0. The van der Waals surface area contributed by atoms with E-state index in [0.29, 0.717) is 12.1 Å². The van der Waals surface area contributed by atoms with Gasteiger partial charge >= 0.3 is 6.18 Å². The zero-order chi connectivity index (χ0) is 19.8. The fourth-order valence-electron chi connectivity index (χ4n) is 3.03. The summed E-state index contributed by atoms with van der Waals surface area (Å²) in [6, 6.07) is 4.71. The van der Waals surface area contributed by atoms with Gasteiger partial charge in [-0.2, -0.15) is 18.3 Å². The van der Waals surface area contributed by atoms with E-state index in [9.17, 15) is 18.0 Å². The minimum Gasteiger partial charge on any atom is -0.363 e. The van der Waals surface area contributed by atoms with Crippen molar-refractivity contribution in [3.63, 3.8) is 0 Å². The minimum atomic E-state index is -4.47. The molecule has 1 aliphatic heterocycles. The summed E-state index contributed by atoms with van der Waals surface area (Å²) in [5.74, 6) is -0.112. The standard InChI is InChI=1S/C18H20BrF3N4O/c1-10(2)8-23-17(27)13-9-24-26-15(18(20,21)22)7-14(25-16(13)26)11-3-5-12(19)6-4-11/h3-6,9-10,14-15,25H,7-8H2,1-2H3,(H,23,27). The smallest absolute Gasteiger partial charge is 0.363 e. The SMILES string of the molecule is CC(C)CNC(=O)c1cnn2c1NC(c1ccc(Br)cc1)CC2C(F)(F)F. The summed E-state index contributed by atoms with van der Waals surface area (Å²) in [6.07, 6.45) is -3.48. The summed E-state index contributed by atoms with van der Waals surface area (Å²) in [4.78, 5) is 12.4. The third-order valence-electron chi connectivity index (χ3n) is 4.43. The number of carbonyl (C=O) groups excluding carboxylic acids is 1. The predicted octanol–water partition coefficient (Wildman–Crippen LogP) is 4.69. The van der Waals surface area contributed by atoms with E-state index in [2.05, 4.69) is 31.7 Å². The minimum absolute atomic E-state index is 0.0951. The monoisotopic (exact) mass is 444 g/mol. The zero-order valence-electron chi connectivity index (χ0n) is 14.8. The number of nitrogens with one attached hydrogen (secondary N) is 2. The first-order valence-corrected chi connectivity index (χ1v) is 9.40. The largest absolute Gasteiger partial charge is 0.410 e. The number of anilines is 1. The van der Waals surface area contributed by atoms with Crippen LogP contribution in [0.25, 0.3) is 0 Å². The highest BCUT2D eigenvalue weighted by atomic mass is 79.9. The van der Waals surface area contributed by atoms with Crippen molar-refractivity contribution in [1.82, 2.24) is 15.1 Å². The molecule has 3 rings (SSSR count).